The molecule has 3 aromatic rings. The summed E-state index contributed by atoms with van der Waals surface area (Å²) in [5, 5.41) is 0. The van der Waals surface area contributed by atoms with E-state index in [1.165, 1.54) is 16.7 Å². The van der Waals surface area contributed by atoms with E-state index >= 15 is 0 Å². The van der Waals surface area contributed by atoms with Crippen LogP contribution in [0.4, 0.5) is 0 Å². The molecule has 0 bridgehead atoms. The van der Waals surface area contributed by atoms with E-state index in [2.05, 4.69) is 95.9 Å². The highest BCUT2D eigenvalue weighted by Crippen LogP contribution is 2.09. The predicted octanol–water partition coefficient (Wildman–Crippen LogP) is 5.40. The van der Waals surface area contributed by atoms with E-state index < -0.39 is 0 Å². The number of hydrogen-bond acceptors (Lipinski definition) is 1. The summed E-state index contributed by atoms with van der Waals surface area (Å²) in [6.45, 7) is 3.19. The van der Waals surface area contributed by atoms with E-state index in [0.717, 1.165) is 32.5 Å². The fourth-order valence-electron chi connectivity index (χ4n) is 2.98. The van der Waals surface area contributed by atoms with Crippen molar-refractivity contribution in [2.75, 3.05) is 13.1 Å². The van der Waals surface area contributed by atoms with E-state index in [9.17, 15) is 0 Å². The zero-order valence-electron chi connectivity index (χ0n) is 14.6. The molecule has 25 heavy (non-hydrogen) atoms. The Balaban J connectivity index is 0.00000225. The van der Waals surface area contributed by atoms with Gasteiger partial charge < -0.3 is 0 Å². The highest BCUT2D eigenvalue weighted by molar-refractivity contribution is 5.85. The molecule has 2 heteroatoms. The number of hydrogen-bond donors (Lipinski definition) is 0. The lowest BCUT2D eigenvalue weighted by molar-refractivity contribution is 0.272. The monoisotopic (exact) mass is 351 g/mol. The van der Waals surface area contributed by atoms with Gasteiger partial charge in [-0.3, -0.25) is 4.90 Å². The quantitative estimate of drug-likeness (QED) is 0.525. The summed E-state index contributed by atoms with van der Waals surface area (Å²) in [7, 11) is 0. The van der Waals surface area contributed by atoms with Crippen molar-refractivity contribution in [3.05, 3.63) is 108 Å². The maximum absolute atomic E-state index is 2.56. The molecular formula is C23H26ClN. The molecule has 0 aliphatic rings. The highest BCUT2D eigenvalue weighted by atomic mass is 35.5. The lowest BCUT2D eigenvalue weighted by Gasteiger charge is -2.22. The molecule has 0 amide bonds. The molecule has 0 aliphatic heterocycles. The van der Waals surface area contributed by atoms with Gasteiger partial charge in [0, 0.05) is 19.6 Å². The number of benzene rings is 3. The lowest BCUT2D eigenvalue weighted by Crippen LogP contribution is -2.28. The third-order valence-electron chi connectivity index (χ3n) is 4.37. The maximum atomic E-state index is 2.56. The molecule has 0 N–H and O–H groups in total. The molecule has 0 heterocycles. The average Bonchev–Trinajstić information content (AvgIpc) is 2.66. The summed E-state index contributed by atoms with van der Waals surface area (Å²) in [6, 6.07) is 32.3. The van der Waals surface area contributed by atoms with Crippen molar-refractivity contribution in [2.24, 2.45) is 0 Å². The Hall–Kier alpha value is -2.09. The van der Waals surface area contributed by atoms with Gasteiger partial charge in [-0.1, -0.05) is 91.0 Å². The summed E-state index contributed by atoms with van der Waals surface area (Å²) in [6.07, 6.45) is 2.20. The Kier molecular flexibility index (Phi) is 8.24. The highest BCUT2D eigenvalue weighted by Gasteiger charge is 2.07. The van der Waals surface area contributed by atoms with Crippen LogP contribution in [0.15, 0.2) is 91.0 Å². The third kappa shape index (κ3) is 6.74. The zero-order chi connectivity index (χ0) is 16.5. The summed E-state index contributed by atoms with van der Waals surface area (Å²) < 4.78 is 0. The molecule has 0 spiro atoms. The van der Waals surface area contributed by atoms with E-state index in [0.29, 0.717) is 0 Å². The van der Waals surface area contributed by atoms with Gasteiger partial charge in [-0.05, 0) is 29.5 Å². The van der Waals surface area contributed by atoms with Crippen LogP contribution in [0.5, 0.6) is 0 Å². The second kappa shape index (κ2) is 10.7. The maximum Gasteiger partial charge on any atom is 0.0233 e. The SMILES string of the molecule is Cl.c1ccc(CCN(CCc2ccccc2)Cc2ccccc2)cc1. The first-order chi connectivity index (χ1) is 11.9. The Morgan fingerprint density at radius 1 is 0.480 bits per heavy atom. The second-order valence-corrected chi connectivity index (χ2v) is 6.23. The first kappa shape index (κ1) is 19.2. The topological polar surface area (TPSA) is 3.24 Å². The van der Waals surface area contributed by atoms with Crippen LogP contribution in [0, 0.1) is 0 Å². The van der Waals surface area contributed by atoms with E-state index in [1.807, 2.05) is 0 Å². The van der Waals surface area contributed by atoms with Crippen LogP contribution in [0.1, 0.15) is 16.7 Å². The molecule has 1 nitrogen and oxygen atoms in total. The summed E-state index contributed by atoms with van der Waals surface area (Å²) in [5.74, 6) is 0. The lowest BCUT2D eigenvalue weighted by atomic mass is 10.1. The molecule has 0 aliphatic carbocycles. The average molecular weight is 352 g/mol. The smallest absolute Gasteiger partial charge is 0.0233 e. The zero-order valence-corrected chi connectivity index (χ0v) is 15.4. The minimum Gasteiger partial charge on any atom is -0.298 e. The van der Waals surface area contributed by atoms with Crippen LogP contribution < -0.4 is 0 Å². The molecule has 0 radical (unpaired) electrons. The molecule has 0 aromatic heterocycles. The van der Waals surface area contributed by atoms with Gasteiger partial charge in [-0.15, -0.1) is 12.4 Å². The Morgan fingerprint density at radius 3 is 1.24 bits per heavy atom. The molecule has 0 atom stereocenters. The fraction of sp³-hybridized carbons (Fsp3) is 0.217. The van der Waals surface area contributed by atoms with Gasteiger partial charge in [-0.2, -0.15) is 0 Å². The van der Waals surface area contributed by atoms with Gasteiger partial charge >= 0.3 is 0 Å². The van der Waals surface area contributed by atoms with Gasteiger partial charge in [0.25, 0.3) is 0 Å². The van der Waals surface area contributed by atoms with Gasteiger partial charge in [0.1, 0.15) is 0 Å². The van der Waals surface area contributed by atoms with Crippen molar-refractivity contribution >= 4 is 12.4 Å². The molecule has 0 fully saturated rings. The number of halogens is 1. The van der Waals surface area contributed by atoms with Crippen molar-refractivity contribution in [3.63, 3.8) is 0 Å². The molecule has 3 aromatic carbocycles. The molecule has 0 unspecified atom stereocenters. The molecule has 0 saturated carbocycles. The Labute approximate surface area is 157 Å². The minimum absolute atomic E-state index is 0. The summed E-state index contributed by atoms with van der Waals surface area (Å²) >= 11 is 0. The number of rotatable bonds is 8. The number of nitrogens with zero attached hydrogens (tertiary/aromatic N) is 1. The van der Waals surface area contributed by atoms with Crippen molar-refractivity contribution in [1.82, 2.24) is 4.90 Å². The van der Waals surface area contributed by atoms with Crippen molar-refractivity contribution in [2.45, 2.75) is 19.4 Å². The van der Waals surface area contributed by atoms with Crippen molar-refractivity contribution in [3.8, 4) is 0 Å². The molecule has 0 saturated heterocycles. The van der Waals surface area contributed by atoms with Crippen LogP contribution in [-0.2, 0) is 19.4 Å². The first-order valence-corrected chi connectivity index (χ1v) is 8.74. The molecular weight excluding hydrogens is 326 g/mol. The van der Waals surface area contributed by atoms with Crippen LogP contribution in [0.2, 0.25) is 0 Å². The van der Waals surface area contributed by atoms with Crippen LogP contribution in [-0.4, -0.2) is 18.0 Å². The van der Waals surface area contributed by atoms with Crippen LogP contribution in [0.3, 0.4) is 0 Å². The minimum atomic E-state index is 0. The normalized spacial score (nSPS) is 10.4. The summed E-state index contributed by atoms with van der Waals surface area (Å²) in [5.41, 5.74) is 4.21. The second-order valence-electron chi connectivity index (χ2n) is 6.23. The van der Waals surface area contributed by atoms with Gasteiger partial charge in [0.05, 0.1) is 0 Å². The van der Waals surface area contributed by atoms with Gasteiger partial charge in [-0.25, -0.2) is 0 Å². The van der Waals surface area contributed by atoms with E-state index in [4.69, 9.17) is 0 Å². The Bertz CT molecular complexity index is 654. The summed E-state index contributed by atoms with van der Waals surface area (Å²) in [4.78, 5) is 2.56. The third-order valence-corrected chi connectivity index (χ3v) is 4.37. The first-order valence-electron chi connectivity index (χ1n) is 8.74. The van der Waals surface area contributed by atoms with Crippen molar-refractivity contribution < 1.29 is 0 Å². The molecule has 130 valence electrons. The standard InChI is InChI=1S/C23H25N.ClH/c1-4-10-21(11-5-1)16-18-24(20-23-14-8-3-9-15-23)19-17-22-12-6-2-7-13-22;/h1-15H,16-20H2;1H. The van der Waals surface area contributed by atoms with Crippen LogP contribution in [0.25, 0.3) is 0 Å². The fourth-order valence-corrected chi connectivity index (χ4v) is 2.98. The van der Waals surface area contributed by atoms with E-state index in [1.54, 1.807) is 0 Å². The van der Waals surface area contributed by atoms with Crippen molar-refractivity contribution in [1.29, 1.82) is 0 Å². The van der Waals surface area contributed by atoms with Gasteiger partial charge in [0.2, 0.25) is 0 Å². The largest absolute Gasteiger partial charge is 0.298 e. The predicted molar refractivity (Wildman–Crippen MR) is 109 cm³/mol. The van der Waals surface area contributed by atoms with Gasteiger partial charge in [0.15, 0.2) is 0 Å². The van der Waals surface area contributed by atoms with E-state index in [-0.39, 0.29) is 12.4 Å². The molecule has 3 rings (SSSR count). The Morgan fingerprint density at radius 2 is 0.840 bits per heavy atom. The van der Waals surface area contributed by atoms with Crippen LogP contribution >= 0.6 is 12.4 Å².